The molecule has 2 unspecified atom stereocenters. The lowest BCUT2D eigenvalue weighted by Crippen LogP contribution is -2.36. The first-order valence-electron chi connectivity index (χ1n) is 7.33. The minimum atomic E-state index is -0.577. The molecule has 20 heavy (non-hydrogen) atoms. The number of nitrogens with one attached hydrogen (secondary N) is 1. The smallest absolute Gasteiger partial charge is 0.161 e. The van der Waals surface area contributed by atoms with Crippen LogP contribution in [-0.2, 0) is 0 Å². The second kappa shape index (κ2) is 8.12. The Hall–Kier alpha value is -1.26. The average molecular weight is 281 g/mol. The summed E-state index contributed by atoms with van der Waals surface area (Å²) >= 11 is 0. The van der Waals surface area contributed by atoms with Crippen LogP contribution in [0.2, 0.25) is 0 Å². The van der Waals surface area contributed by atoms with Crippen LogP contribution >= 0.6 is 0 Å². The van der Waals surface area contributed by atoms with E-state index >= 15 is 0 Å². The molecule has 0 saturated heterocycles. The molecule has 0 bridgehead atoms. The van der Waals surface area contributed by atoms with Crippen LogP contribution in [0.4, 0.5) is 0 Å². The molecule has 0 aromatic heterocycles. The first-order valence-corrected chi connectivity index (χ1v) is 7.33. The number of aliphatic hydroxyl groups excluding tert-OH is 1. The molecule has 1 aromatic rings. The lowest BCUT2D eigenvalue weighted by atomic mass is 10.0. The van der Waals surface area contributed by atoms with E-state index in [1.807, 2.05) is 39.0 Å². The molecule has 2 N–H and O–H groups in total. The highest BCUT2D eigenvalue weighted by atomic mass is 16.5. The average Bonchev–Trinajstić information content (AvgIpc) is 2.39. The zero-order chi connectivity index (χ0) is 15.1. The molecular formula is C16H27NO3. The predicted octanol–water partition coefficient (Wildman–Crippen LogP) is 2.90. The molecule has 0 saturated carbocycles. The lowest BCUT2D eigenvalue weighted by molar-refractivity contribution is 0.131. The van der Waals surface area contributed by atoms with Crippen LogP contribution < -0.4 is 14.8 Å². The number of hydrogen-bond donors (Lipinski definition) is 2. The number of benzene rings is 1. The Morgan fingerprint density at radius 2 is 1.65 bits per heavy atom. The summed E-state index contributed by atoms with van der Waals surface area (Å²) in [5, 5.41) is 13.7. The first-order chi connectivity index (χ1) is 9.49. The van der Waals surface area contributed by atoms with Crippen molar-refractivity contribution in [2.45, 2.75) is 52.8 Å². The number of hydrogen-bond acceptors (Lipinski definition) is 4. The highest BCUT2D eigenvalue weighted by Gasteiger charge is 2.18. The van der Waals surface area contributed by atoms with E-state index in [9.17, 15) is 5.11 Å². The third-order valence-electron chi connectivity index (χ3n) is 2.98. The zero-order valence-corrected chi connectivity index (χ0v) is 13.1. The van der Waals surface area contributed by atoms with Crippen LogP contribution in [0, 0.1) is 0 Å². The maximum absolute atomic E-state index is 10.4. The summed E-state index contributed by atoms with van der Waals surface area (Å²) in [6.45, 7) is 11.1. The highest BCUT2D eigenvalue weighted by molar-refractivity contribution is 5.43. The fraction of sp³-hybridized carbons (Fsp3) is 0.625. The van der Waals surface area contributed by atoms with Crippen LogP contribution in [0.25, 0.3) is 0 Å². The SMILES string of the molecule is CCOc1ccc(C(O)C(C)NC(C)C)cc1OCC. The van der Waals surface area contributed by atoms with Crippen LogP contribution in [0.1, 0.15) is 46.3 Å². The molecule has 0 aliphatic carbocycles. The maximum atomic E-state index is 10.4. The van der Waals surface area contributed by atoms with Crippen LogP contribution in [0.3, 0.4) is 0 Å². The van der Waals surface area contributed by atoms with Crippen molar-refractivity contribution in [2.24, 2.45) is 0 Å². The summed E-state index contributed by atoms with van der Waals surface area (Å²) in [4.78, 5) is 0. The summed E-state index contributed by atoms with van der Waals surface area (Å²) in [6, 6.07) is 5.90. The van der Waals surface area contributed by atoms with Gasteiger partial charge < -0.3 is 19.9 Å². The minimum Gasteiger partial charge on any atom is -0.490 e. The lowest BCUT2D eigenvalue weighted by Gasteiger charge is -2.23. The van der Waals surface area contributed by atoms with Gasteiger partial charge in [0.05, 0.1) is 19.3 Å². The molecule has 4 heteroatoms. The van der Waals surface area contributed by atoms with E-state index < -0.39 is 6.10 Å². The van der Waals surface area contributed by atoms with Crippen LogP contribution in [-0.4, -0.2) is 30.4 Å². The Morgan fingerprint density at radius 1 is 1.05 bits per heavy atom. The van der Waals surface area contributed by atoms with Crippen LogP contribution in [0.5, 0.6) is 11.5 Å². The molecule has 0 aliphatic heterocycles. The van der Waals surface area contributed by atoms with Crippen molar-refractivity contribution in [3.05, 3.63) is 23.8 Å². The topological polar surface area (TPSA) is 50.7 Å². The summed E-state index contributed by atoms with van der Waals surface area (Å²) in [5.74, 6) is 1.40. The first kappa shape index (κ1) is 16.8. The second-order valence-corrected chi connectivity index (χ2v) is 5.13. The van der Waals surface area contributed by atoms with Gasteiger partial charge in [-0.3, -0.25) is 0 Å². The number of ether oxygens (including phenoxy) is 2. The van der Waals surface area contributed by atoms with Gasteiger partial charge in [0.1, 0.15) is 0 Å². The van der Waals surface area contributed by atoms with E-state index in [2.05, 4.69) is 19.2 Å². The number of rotatable bonds is 8. The van der Waals surface area contributed by atoms with Gasteiger partial charge >= 0.3 is 0 Å². The minimum absolute atomic E-state index is 0.0255. The van der Waals surface area contributed by atoms with Crippen molar-refractivity contribution in [3.8, 4) is 11.5 Å². The molecule has 114 valence electrons. The van der Waals surface area contributed by atoms with Crippen molar-refractivity contribution >= 4 is 0 Å². The molecule has 1 rings (SSSR count). The van der Waals surface area contributed by atoms with Crippen molar-refractivity contribution < 1.29 is 14.6 Å². The fourth-order valence-corrected chi connectivity index (χ4v) is 2.16. The van der Waals surface area contributed by atoms with Gasteiger partial charge in [-0.2, -0.15) is 0 Å². The Bertz CT molecular complexity index is 407. The van der Waals surface area contributed by atoms with Gasteiger partial charge in [0.2, 0.25) is 0 Å². The predicted molar refractivity (Wildman–Crippen MR) is 81.5 cm³/mol. The van der Waals surface area contributed by atoms with E-state index in [1.54, 1.807) is 0 Å². The Morgan fingerprint density at radius 3 is 2.20 bits per heavy atom. The van der Waals surface area contributed by atoms with E-state index in [0.29, 0.717) is 25.0 Å². The van der Waals surface area contributed by atoms with Crippen molar-refractivity contribution in [2.75, 3.05) is 13.2 Å². The third kappa shape index (κ3) is 4.69. The van der Waals surface area contributed by atoms with Crippen LogP contribution in [0.15, 0.2) is 18.2 Å². The monoisotopic (exact) mass is 281 g/mol. The standard InChI is InChI=1S/C16H27NO3/c1-6-19-14-9-8-13(10-15(14)20-7-2)16(18)12(5)17-11(3)4/h8-12,16-18H,6-7H2,1-5H3. The van der Waals surface area contributed by atoms with Gasteiger partial charge in [0.25, 0.3) is 0 Å². The van der Waals surface area contributed by atoms with E-state index in [4.69, 9.17) is 9.47 Å². The second-order valence-electron chi connectivity index (χ2n) is 5.13. The fourth-order valence-electron chi connectivity index (χ4n) is 2.16. The molecule has 0 heterocycles. The Kier molecular flexibility index (Phi) is 6.82. The quantitative estimate of drug-likeness (QED) is 0.769. The highest BCUT2D eigenvalue weighted by Crippen LogP contribution is 2.31. The summed E-state index contributed by atoms with van der Waals surface area (Å²) in [5.41, 5.74) is 0.831. The molecule has 0 amide bonds. The molecule has 0 spiro atoms. The van der Waals surface area contributed by atoms with Gasteiger partial charge in [-0.15, -0.1) is 0 Å². The Balaban J connectivity index is 2.92. The van der Waals surface area contributed by atoms with E-state index in [-0.39, 0.29) is 6.04 Å². The number of aliphatic hydroxyl groups is 1. The molecule has 4 nitrogen and oxygen atoms in total. The van der Waals surface area contributed by atoms with Gasteiger partial charge in [0, 0.05) is 12.1 Å². The van der Waals surface area contributed by atoms with E-state index in [0.717, 1.165) is 11.3 Å². The molecular weight excluding hydrogens is 254 g/mol. The maximum Gasteiger partial charge on any atom is 0.161 e. The summed E-state index contributed by atoms with van der Waals surface area (Å²) < 4.78 is 11.1. The third-order valence-corrected chi connectivity index (χ3v) is 2.98. The molecule has 0 aliphatic rings. The molecule has 0 radical (unpaired) electrons. The summed E-state index contributed by atoms with van der Waals surface area (Å²) in [7, 11) is 0. The van der Waals surface area contributed by atoms with Gasteiger partial charge in [-0.1, -0.05) is 19.9 Å². The van der Waals surface area contributed by atoms with Crippen molar-refractivity contribution in [1.29, 1.82) is 0 Å². The van der Waals surface area contributed by atoms with Gasteiger partial charge in [-0.25, -0.2) is 0 Å². The van der Waals surface area contributed by atoms with Gasteiger partial charge in [0.15, 0.2) is 11.5 Å². The normalized spacial score (nSPS) is 14.2. The molecule has 2 atom stereocenters. The van der Waals surface area contributed by atoms with Crippen molar-refractivity contribution in [1.82, 2.24) is 5.32 Å². The van der Waals surface area contributed by atoms with E-state index in [1.165, 1.54) is 0 Å². The molecule has 1 aromatic carbocycles. The van der Waals surface area contributed by atoms with Gasteiger partial charge in [-0.05, 0) is 38.5 Å². The van der Waals surface area contributed by atoms with Crippen molar-refractivity contribution in [3.63, 3.8) is 0 Å². The summed E-state index contributed by atoms with van der Waals surface area (Å²) in [6.07, 6.45) is -0.577. The largest absolute Gasteiger partial charge is 0.490 e. The zero-order valence-electron chi connectivity index (χ0n) is 13.1. The molecule has 0 fully saturated rings. The Labute approximate surface area is 122 Å².